The average molecular weight is 542 g/mol. The lowest BCUT2D eigenvalue weighted by molar-refractivity contribution is -0.192. The van der Waals surface area contributed by atoms with Crippen molar-refractivity contribution < 1.29 is 49.5 Å². The molecule has 1 atom stereocenters. The van der Waals surface area contributed by atoms with Crippen LogP contribution in [-0.2, 0) is 20.5 Å². The zero-order chi connectivity index (χ0) is 26.9. The standard InChI is InChI=1S/C16H15F3N6O3S.C2HF3O2/c17-16(18,19)15(24-25-15)10-1-3-11(4-2-10)29(27,28)23-14(26)13-7-12(21-22-13)9-5-6-20-8-9;3-2(4,5)1(6)7/h1-4,7,9,20H,5-6,8H2,(H,21,22)(H,23,26);(H,6,7). The van der Waals surface area contributed by atoms with Crippen molar-refractivity contribution in [1.29, 1.82) is 0 Å². The number of aromatic nitrogens is 2. The highest BCUT2D eigenvalue weighted by Crippen LogP contribution is 2.52. The highest BCUT2D eigenvalue weighted by atomic mass is 32.2. The molecule has 4 N–H and O–H groups in total. The highest BCUT2D eigenvalue weighted by molar-refractivity contribution is 7.90. The molecule has 1 unspecified atom stereocenters. The lowest BCUT2D eigenvalue weighted by Gasteiger charge is -2.15. The monoisotopic (exact) mass is 542 g/mol. The summed E-state index contributed by atoms with van der Waals surface area (Å²) in [5.41, 5.74) is -2.33. The number of sulfonamides is 1. The molecule has 1 amide bonds. The van der Waals surface area contributed by atoms with Gasteiger partial charge in [-0.1, -0.05) is 12.1 Å². The largest absolute Gasteiger partial charge is 0.490 e. The molecule has 0 radical (unpaired) electrons. The van der Waals surface area contributed by atoms with Crippen LogP contribution in [0.4, 0.5) is 26.3 Å². The van der Waals surface area contributed by atoms with Gasteiger partial charge in [-0.25, -0.2) is 17.9 Å². The smallest absolute Gasteiger partial charge is 0.475 e. The molecule has 0 bridgehead atoms. The number of carbonyl (C=O) groups excluding carboxylic acids is 1. The van der Waals surface area contributed by atoms with Crippen molar-refractivity contribution in [3.8, 4) is 0 Å². The summed E-state index contributed by atoms with van der Waals surface area (Å²) in [4.78, 5) is 20.8. The Hall–Kier alpha value is -3.54. The maximum atomic E-state index is 13.0. The minimum Gasteiger partial charge on any atom is -0.475 e. The number of aliphatic carboxylic acids is 1. The van der Waals surface area contributed by atoms with E-state index >= 15 is 0 Å². The lowest BCUT2D eigenvalue weighted by atomic mass is 10.0. The Kier molecular flexibility index (Phi) is 7.13. The van der Waals surface area contributed by atoms with E-state index in [-0.39, 0.29) is 22.1 Å². The van der Waals surface area contributed by atoms with Gasteiger partial charge in [0.05, 0.1) is 4.90 Å². The van der Waals surface area contributed by atoms with Gasteiger partial charge in [0.25, 0.3) is 15.9 Å². The van der Waals surface area contributed by atoms with Gasteiger partial charge in [0.2, 0.25) is 0 Å². The Morgan fingerprint density at radius 3 is 2.11 bits per heavy atom. The fourth-order valence-electron chi connectivity index (χ4n) is 3.12. The molecular formula is C18H16F6N6O5S. The molecule has 11 nitrogen and oxygen atoms in total. The summed E-state index contributed by atoms with van der Waals surface area (Å²) in [5.74, 6) is -3.54. The van der Waals surface area contributed by atoms with Crippen molar-refractivity contribution in [2.24, 2.45) is 10.2 Å². The summed E-state index contributed by atoms with van der Waals surface area (Å²) in [5, 5.41) is 23.0. The van der Waals surface area contributed by atoms with Crippen LogP contribution in [0.15, 0.2) is 45.5 Å². The topological polar surface area (TPSA) is 166 Å². The van der Waals surface area contributed by atoms with Gasteiger partial charge in [0.1, 0.15) is 0 Å². The first-order chi connectivity index (χ1) is 16.6. The number of carbonyl (C=O) groups is 2. The van der Waals surface area contributed by atoms with Crippen LogP contribution in [0.25, 0.3) is 0 Å². The minimum atomic E-state index is -5.08. The molecule has 1 saturated heterocycles. The third kappa shape index (κ3) is 5.81. The first kappa shape index (κ1) is 27.1. The number of hydrogen-bond donors (Lipinski definition) is 4. The van der Waals surface area contributed by atoms with Crippen LogP contribution < -0.4 is 10.0 Å². The van der Waals surface area contributed by atoms with E-state index < -0.39 is 39.9 Å². The Morgan fingerprint density at radius 2 is 1.67 bits per heavy atom. The van der Waals surface area contributed by atoms with Gasteiger partial charge in [0, 0.05) is 23.7 Å². The number of aromatic amines is 1. The summed E-state index contributed by atoms with van der Waals surface area (Å²) in [6, 6.07) is 5.33. The Balaban J connectivity index is 0.000000454. The second-order valence-corrected chi connectivity index (χ2v) is 9.21. The fourth-order valence-corrected chi connectivity index (χ4v) is 4.09. The second-order valence-electron chi connectivity index (χ2n) is 7.53. The van der Waals surface area contributed by atoms with E-state index in [2.05, 4.69) is 25.7 Å². The number of rotatable bonds is 5. The van der Waals surface area contributed by atoms with Crippen LogP contribution in [0.3, 0.4) is 0 Å². The minimum absolute atomic E-state index is 0.0984. The van der Waals surface area contributed by atoms with Crippen molar-refractivity contribution >= 4 is 21.9 Å². The zero-order valence-electron chi connectivity index (χ0n) is 17.7. The van der Waals surface area contributed by atoms with E-state index in [0.29, 0.717) is 0 Å². The quantitative estimate of drug-likeness (QED) is 0.421. The third-order valence-electron chi connectivity index (χ3n) is 5.06. The summed E-state index contributed by atoms with van der Waals surface area (Å²) >= 11 is 0. The first-order valence-corrected chi connectivity index (χ1v) is 11.3. The summed E-state index contributed by atoms with van der Waals surface area (Å²) in [6.45, 7) is 1.57. The molecule has 18 heteroatoms. The molecule has 196 valence electrons. The summed E-state index contributed by atoms with van der Waals surface area (Å²) in [7, 11) is -4.30. The van der Waals surface area contributed by atoms with Gasteiger partial charge < -0.3 is 10.4 Å². The number of H-pyrrole nitrogens is 1. The van der Waals surface area contributed by atoms with E-state index in [1.54, 1.807) is 0 Å². The number of hydrogen-bond acceptors (Lipinski definition) is 8. The molecule has 0 spiro atoms. The average Bonchev–Trinajstić information content (AvgIpc) is 3.18. The molecule has 2 aliphatic rings. The Morgan fingerprint density at radius 1 is 1.08 bits per heavy atom. The van der Waals surface area contributed by atoms with Gasteiger partial charge in [-0.05, 0) is 31.2 Å². The maximum Gasteiger partial charge on any atom is 0.490 e. The first-order valence-electron chi connectivity index (χ1n) is 9.81. The molecule has 2 aliphatic heterocycles. The zero-order valence-corrected chi connectivity index (χ0v) is 18.5. The molecule has 1 aromatic carbocycles. The van der Waals surface area contributed by atoms with Crippen LogP contribution in [0.2, 0.25) is 0 Å². The van der Waals surface area contributed by atoms with E-state index in [1.807, 2.05) is 4.72 Å². The van der Waals surface area contributed by atoms with Gasteiger partial charge >= 0.3 is 24.0 Å². The van der Waals surface area contributed by atoms with Crippen molar-refractivity contribution in [1.82, 2.24) is 20.2 Å². The third-order valence-corrected chi connectivity index (χ3v) is 6.41. The fraction of sp³-hybridized carbons (Fsp3) is 0.389. The number of amides is 1. The molecule has 36 heavy (non-hydrogen) atoms. The number of nitrogens with zero attached hydrogens (tertiary/aromatic N) is 3. The maximum absolute atomic E-state index is 13.0. The molecule has 2 aromatic rings. The van der Waals surface area contributed by atoms with E-state index in [9.17, 15) is 39.6 Å². The van der Waals surface area contributed by atoms with Crippen LogP contribution in [-0.4, -0.2) is 61.0 Å². The molecule has 3 heterocycles. The molecule has 1 aromatic heterocycles. The van der Waals surface area contributed by atoms with Crippen molar-refractivity contribution in [3.05, 3.63) is 47.3 Å². The Labute approximate surface area is 198 Å². The second kappa shape index (κ2) is 9.49. The molecule has 0 aliphatic carbocycles. The number of halogens is 6. The van der Waals surface area contributed by atoms with Gasteiger partial charge in [0.15, 0.2) is 5.69 Å². The number of benzene rings is 1. The predicted octanol–water partition coefficient (Wildman–Crippen LogP) is 2.42. The SMILES string of the molecule is O=C(NS(=O)(=O)c1ccc(C2(C(F)(F)F)N=N2)cc1)c1cc(C2CCNC2)[nH]n1.O=C(O)C(F)(F)F. The molecule has 1 fully saturated rings. The lowest BCUT2D eigenvalue weighted by Crippen LogP contribution is -2.31. The summed E-state index contributed by atoms with van der Waals surface area (Å²) < 4.78 is 97.4. The van der Waals surface area contributed by atoms with Gasteiger partial charge in [-0.2, -0.15) is 31.4 Å². The van der Waals surface area contributed by atoms with E-state index in [4.69, 9.17) is 9.90 Å². The number of carboxylic acid groups (broad SMARTS) is 1. The number of alkyl halides is 6. The van der Waals surface area contributed by atoms with Crippen LogP contribution in [0.1, 0.15) is 34.1 Å². The normalized spacial score (nSPS) is 18.8. The van der Waals surface area contributed by atoms with E-state index in [0.717, 1.165) is 49.5 Å². The highest BCUT2D eigenvalue weighted by Gasteiger charge is 2.65. The number of carboxylic acids is 1. The van der Waals surface area contributed by atoms with Crippen molar-refractivity contribution in [2.45, 2.75) is 35.2 Å². The Bertz CT molecular complexity index is 1260. The van der Waals surface area contributed by atoms with E-state index in [1.165, 1.54) is 6.07 Å². The van der Waals surface area contributed by atoms with Crippen LogP contribution in [0, 0.1) is 0 Å². The van der Waals surface area contributed by atoms with Gasteiger partial charge in [-0.3, -0.25) is 9.89 Å². The van der Waals surface area contributed by atoms with Crippen LogP contribution >= 0.6 is 0 Å². The molecule has 0 saturated carbocycles. The number of nitrogens with one attached hydrogen (secondary N) is 3. The van der Waals surface area contributed by atoms with Gasteiger partial charge in [-0.15, -0.1) is 10.2 Å². The predicted molar refractivity (Wildman–Crippen MR) is 106 cm³/mol. The van der Waals surface area contributed by atoms with Crippen molar-refractivity contribution in [2.75, 3.05) is 13.1 Å². The summed E-state index contributed by atoms with van der Waals surface area (Å²) in [6.07, 6.45) is -8.93. The molecular weight excluding hydrogens is 526 g/mol. The molecule has 4 rings (SSSR count). The van der Waals surface area contributed by atoms with Crippen molar-refractivity contribution in [3.63, 3.8) is 0 Å². The van der Waals surface area contributed by atoms with Crippen LogP contribution in [0.5, 0.6) is 0 Å².